The van der Waals surface area contributed by atoms with Crippen LogP contribution in [0.5, 0.6) is 0 Å². The zero-order chi connectivity index (χ0) is 19.2. The van der Waals surface area contributed by atoms with E-state index in [2.05, 4.69) is 10.2 Å². The third kappa shape index (κ3) is 4.67. The molecule has 0 radical (unpaired) electrons. The molecule has 1 heterocycles. The van der Waals surface area contributed by atoms with Crippen LogP contribution in [-0.4, -0.2) is 31.6 Å². The van der Waals surface area contributed by atoms with Crippen LogP contribution in [0.15, 0.2) is 42.5 Å². The minimum atomic E-state index is -0.355. The van der Waals surface area contributed by atoms with Crippen molar-refractivity contribution in [1.29, 1.82) is 0 Å². The lowest BCUT2D eigenvalue weighted by Gasteiger charge is -2.28. The van der Waals surface area contributed by atoms with E-state index < -0.39 is 0 Å². The van der Waals surface area contributed by atoms with Crippen LogP contribution < -0.4 is 10.2 Å². The van der Waals surface area contributed by atoms with Gasteiger partial charge < -0.3 is 15.0 Å². The summed E-state index contributed by atoms with van der Waals surface area (Å²) in [6.45, 7) is 6.13. The highest BCUT2D eigenvalue weighted by Crippen LogP contribution is 2.22. The number of hydrogen-bond donors (Lipinski definition) is 1. The van der Waals surface area contributed by atoms with E-state index in [0.29, 0.717) is 23.4 Å². The van der Waals surface area contributed by atoms with E-state index in [1.807, 2.05) is 31.2 Å². The Morgan fingerprint density at radius 1 is 1.00 bits per heavy atom. The average molecular weight is 366 g/mol. The summed E-state index contributed by atoms with van der Waals surface area (Å²) in [6.07, 6.45) is 3.75. The first-order valence-corrected chi connectivity index (χ1v) is 9.52. The van der Waals surface area contributed by atoms with Crippen LogP contribution in [0.25, 0.3) is 0 Å². The fourth-order valence-electron chi connectivity index (χ4n) is 3.32. The first-order chi connectivity index (χ1) is 13.1. The molecule has 0 aromatic heterocycles. The molecular weight excluding hydrogens is 340 g/mol. The van der Waals surface area contributed by atoms with E-state index in [9.17, 15) is 9.59 Å². The van der Waals surface area contributed by atoms with Gasteiger partial charge in [-0.2, -0.15) is 0 Å². The van der Waals surface area contributed by atoms with Gasteiger partial charge >= 0.3 is 5.97 Å². The molecule has 1 fully saturated rings. The molecule has 2 aromatic carbocycles. The highest BCUT2D eigenvalue weighted by atomic mass is 16.5. The second-order valence-corrected chi connectivity index (χ2v) is 6.80. The number of aryl methyl sites for hydroxylation is 1. The van der Waals surface area contributed by atoms with Crippen LogP contribution in [0.2, 0.25) is 0 Å². The van der Waals surface area contributed by atoms with E-state index in [1.165, 1.54) is 24.9 Å². The summed E-state index contributed by atoms with van der Waals surface area (Å²) in [5, 5.41) is 2.92. The predicted octanol–water partition coefficient (Wildman–Crippen LogP) is 4.41. The van der Waals surface area contributed by atoms with E-state index in [0.717, 1.165) is 18.7 Å². The van der Waals surface area contributed by atoms with Crippen LogP contribution in [-0.2, 0) is 4.74 Å². The van der Waals surface area contributed by atoms with Crippen molar-refractivity contribution in [2.75, 3.05) is 29.9 Å². The molecule has 1 amide bonds. The summed E-state index contributed by atoms with van der Waals surface area (Å²) in [5.74, 6) is -0.515. The maximum Gasteiger partial charge on any atom is 0.338 e. The van der Waals surface area contributed by atoms with Crippen molar-refractivity contribution in [1.82, 2.24) is 0 Å². The van der Waals surface area contributed by atoms with Gasteiger partial charge in [-0.05, 0) is 81.1 Å². The van der Waals surface area contributed by atoms with E-state index in [4.69, 9.17) is 4.74 Å². The molecular formula is C22H26N2O3. The molecule has 142 valence electrons. The molecule has 3 rings (SSSR count). The SMILES string of the molecule is CCOC(=O)c1ccc(NC(=O)c2ccc(N3CCCCC3)cc2)c(C)c1. The minimum absolute atomic E-state index is 0.160. The average Bonchev–Trinajstić information content (AvgIpc) is 2.70. The Morgan fingerprint density at radius 2 is 1.67 bits per heavy atom. The number of anilines is 2. The Morgan fingerprint density at radius 3 is 2.30 bits per heavy atom. The normalized spacial score (nSPS) is 13.9. The van der Waals surface area contributed by atoms with Crippen LogP contribution in [0, 0.1) is 6.92 Å². The molecule has 5 heteroatoms. The molecule has 0 spiro atoms. The molecule has 27 heavy (non-hydrogen) atoms. The molecule has 2 aromatic rings. The number of piperidine rings is 1. The van der Waals surface area contributed by atoms with Gasteiger partial charge in [-0.1, -0.05) is 0 Å². The van der Waals surface area contributed by atoms with Gasteiger partial charge in [0.25, 0.3) is 5.91 Å². The van der Waals surface area contributed by atoms with Crippen molar-refractivity contribution >= 4 is 23.3 Å². The van der Waals surface area contributed by atoms with Crippen LogP contribution in [0.4, 0.5) is 11.4 Å². The fraction of sp³-hybridized carbons (Fsp3) is 0.364. The van der Waals surface area contributed by atoms with Gasteiger partial charge in [-0.15, -0.1) is 0 Å². The van der Waals surface area contributed by atoms with Crippen molar-refractivity contribution in [3.8, 4) is 0 Å². The number of rotatable bonds is 5. The van der Waals surface area contributed by atoms with Crippen molar-refractivity contribution in [3.05, 3.63) is 59.2 Å². The number of esters is 1. The quantitative estimate of drug-likeness (QED) is 0.796. The van der Waals surface area contributed by atoms with Gasteiger partial charge in [0.1, 0.15) is 0 Å². The molecule has 0 aliphatic carbocycles. The smallest absolute Gasteiger partial charge is 0.338 e. The predicted molar refractivity (Wildman–Crippen MR) is 108 cm³/mol. The van der Waals surface area contributed by atoms with E-state index in [1.54, 1.807) is 25.1 Å². The van der Waals surface area contributed by atoms with Gasteiger partial charge in [0.15, 0.2) is 0 Å². The lowest BCUT2D eigenvalue weighted by Crippen LogP contribution is -2.29. The Labute approximate surface area is 160 Å². The lowest BCUT2D eigenvalue weighted by atomic mass is 10.1. The topological polar surface area (TPSA) is 58.6 Å². The molecule has 1 aliphatic rings. The second-order valence-electron chi connectivity index (χ2n) is 6.80. The van der Waals surface area contributed by atoms with Gasteiger partial charge in [0, 0.05) is 30.0 Å². The lowest BCUT2D eigenvalue weighted by molar-refractivity contribution is 0.0526. The van der Waals surface area contributed by atoms with Gasteiger partial charge in [-0.25, -0.2) is 4.79 Å². The van der Waals surface area contributed by atoms with Crippen LogP contribution in [0.1, 0.15) is 52.5 Å². The summed E-state index contributed by atoms with van der Waals surface area (Å²) in [6, 6.07) is 12.9. The van der Waals surface area contributed by atoms with Gasteiger partial charge in [0.2, 0.25) is 0 Å². The van der Waals surface area contributed by atoms with Crippen molar-refractivity contribution in [3.63, 3.8) is 0 Å². The number of nitrogens with one attached hydrogen (secondary N) is 1. The Bertz CT molecular complexity index is 809. The molecule has 1 saturated heterocycles. The molecule has 0 unspecified atom stereocenters. The maximum absolute atomic E-state index is 12.6. The monoisotopic (exact) mass is 366 g/mol. The minimum Gasteiger partial charge on any atom is -0.462 e. The van der Waals surface area contributed by atoms with E-state index in [-0.39, 0.29) is 11.9 Å². The number of carbonyl (C=O) groups excluding carboxylic acids is 2. The highest BCUT2D eigenvalue weighted by molar-refractivity contribution is 6.05. The third-order valence-electron chi connectivity index (χ3n) is 4.84. The Kier molecular flexibility index (Phi) is 6.12. The molecule has 0 atom stereocenters. The summed E-state index contributed by atoms with van der Waals surface area (Å²) in [4.78, 5) is 26.7. The first-order valence-electron chi connectivity index (χ1n) is 9.52. The Balaban J connectivity index is 1.67. The van der Waals surface area contributed by atoms with Gasteiger partial charge in [0.05, 0.1) is 12.2 Å². The second kappa shape index (κ2) is 8.71. The number of nitrogens with zero attached hydrogens (tertiary/aromatic N) is 1. The van der Waals surface area contributed by atoms with Crippen molar-refractivity contribution in [2.45, 2.75) is 33.1 Å². The summed E-state index contributed by atoms with van der Waals surface area (Å²) < 4.78 is 5.00. The van der Waals surface area contributed by atoms with Gasteiger partial charge in [-0.3, -0.25) is 4.79 Å². The first kappa shape index (κ1) is 19.0. The number of hydrogen-bond acceptors (Lipinski definition) is 4. The summed E-state index contributed by atoms with van der Waals surface area (Å²) in [7, 11) is 0. The zero-order valence-electron chi connectivity index (χ0n) is 16.0. The summed E-state index contributed by atoms with van der Waals surface area (Å²) >= 11 is 0. The Hall–Kier alpha value is -2.82. The third-order valence-corrected chi connectivity index (χ3v) is 4.84. The number of amides is 1. The largest absolute Gasteiger partial charge is 0.462 e. The van der Waals surface area contributed by atoms with Crippen LogP contribution >= 0.6 is 0 Å². The molecule has 1 aliphatic heterocycles. The number of ether oxygens (including phenoxy) is 1. The molecule has 1 N–H and O–H groups in total. The molecule has 5 nitrogen and oxygen atoms in total. The number of benzene rings is 2. The molecule has 0 bridgehead atoms. The molecule has 0 saturated carbocycles. The van der Waals surface area contributed by atoms with Crippen LogP contribution in [0.3, 0.4) is 0 Å². The standard InChI is InChI=1S/C22H26N2O3/c1-3-27-22(26)18-9-12-20(16(2)15-18)23-21(25)17-7-10-19(11-8-17)24-13-5-4-6-14-24/h7-12,15H,3-6,13-14H2,1-2H3,(H,23,25). The maximum atomic E-state index is 12.6. The number of carbonyl (C=O) groups is 2. The van der Waals surface area contributed by atoms with E-state index >= 15 is 0 Å². The fourth-order valence-corrected chi connectivity index (χ4v) is 3.32. The highest BCUT2D eigenvalue weighted by Gasteiger charge is 2.14. The summed E-state index contributed by atoms with van der Waals surface area (Å²) in [5.41, 5.74) is 3.77. The van der Waals surface area contributed by atoms with Crippen molar-refractivity contribution < 1.29 is 14.3 Å². The van der Waals surface area contributed by atoms with Crippen molar-refractivity contribution in [2.24, 2.45) is 0 Å². The zero-order valence-corrected chi connectivity index (χ0v) is 16.0.